The van der Waals surface area contributed by atoms with E-state index in [0.717, 1.165) is 32.8 Å². The van der Waals surface area contributed by atoms with Gasteiger partial charge in [0.05, 0.1) is 6.61 Å². The van der Waals surface area contributed by atoms with Crippen LogP contribution in [0.4, 0.5) is 0 Å². The van der Waals surface area contributed by atoms with Gasteiger partial charge in [-0.3, -0.25) is 0 Å². The van der Waals surface area contributed by atoms with Gasteiger partial charge >= 0.3 is 0 Å². The molecule has 1 N–H and O–H groups in total. The zero-order valence-electron chi connectivity index (χ0n) is 12.7. The SMILES string of the molecule is CCN(CCOC)CC(C)(CC)CNC(C)C. The fraction of sp³-hybridized carbons (Fsp3) is 1.00. The van der Waals surface area contributed by atoms with E-state index in [1.807, 2.05) is 0 Å². The van der Waals surface area contributed by atoms with Crippen molar-refractivity contribution in [3.8, 4) is 0 Å². The molecule has 0 aromatic carbocycles. The van der Waals surface area contributed by atoms with Gasteiger partial charge in [0, 0.05) is 32.8 Å². The Bertz CT molecular complexity index is 185. The van der Waals surface area contributed by atoms with Crippen molar-refractivity contribution in [2.45, 2.75) is 47.1 Å². The molecule has 0 spiro atoms. The number of hydrogen-bond donors (Lipinski definition) is 1. The lowest BCUT2D eigenvalue weighted by Crippen LogP contribution is -2.44. The Kier molecular flexibility index (Phi) is 8.83. The van der Waals surface area contributed by atoms with Crippen molar-refractivity contribution in [2.75, 3.05) is 39.9 Å². The first-order valence-electron chi connectivity index (χ1n) is 6.92. The normalized spacial score (nSPS) is 15.5. The van der Waals surface area contributed by atoms with Crippen LogP contribution in [0.15, 0.2) is 0 Å². The van der Waals surface area contributed by atoms with Crippen LogP contribution in [-0.4, -0.2) is 50.8 Å². The maximum Gasteiger partial charge on any atom is 0.0589 e. The third-order valence-corrected chi connectivity index (χ3v) is 3.45. The molecule has 3 heteroatoms. The third kappa shape index (κ3) is 7.74. The van der Waals surface area contributed by atoms with Crippen LogP contribution < -0.4 is 5.32 Å². The fourth-order valence-electron chi connectivity index (χ4n) is 1.85. The molecule has 0 heterocycles. The highest BCUT2D eigenvalue weighted by molar-refractivity contribution is 4.80. The van der Waals surface area contributed by atoms with E-state index in [-0.39, 0.29) is 0 Å². The van der Waals surface area contributed by atoms with Gasteiger partial charge in [-0.15, -0.1) is 0 Å². The summed E-state index contributed by atoms with van der Waals surface area (Å²) in [5.74, 6) is 0. The monoisotopic (exact) mass is 244 g/mol. The average Bonchev–Trinajstić information content (AvgIpc) is 2.32. The summed E-state index contributed by atoms with van der Waals surface area (Å²) in [4.78, 5) is 2.48. The van der Waals surface area contributed by atoms with E-state index in [0.29, 0.717) is 11.5 Å². The number of rotatable bonds is 10. The van der Waals surface area contributed by atoms with Crippen molar-refractivity contribution in [3.05, 3.63) is 0 Å². The van der Waals surface area contributed by atoms with Gasteiger partial charge in [0.1, 0.15) is 0 Å². The van der Waals surface area contributed by atoms with Crippen molar-refractivity contribution in [1.29, 1.82) is 0 Å². The van der Waals surface area contributed by atoms with Gasteiger partial charge in [0.15, 0.2) is 0 Å². The zero-order chi connectivity index (χ0) is 13.3. The molecule has 0 radical (unpaired) electrons. The van der Waals surface area contributed by atoms with Crippen LogP contribution in [0.25, 0.3) is 0 Å². The number of hydrogen-bond acceptors (Lipinski definition) is 3. The van der Waals surface area contributed by atoms with Crippen LogP contribution in [0.5, 0.6) is 0 Å². The molecule has 0 aromatic heterocycles. The van der Waals surface area contributed by atoms with Gasteiger partial charge in [0.2, 0.25) is 0 Å². The van der Waals surface area contributed by atoms with Crippen LogP contribution in [-0.2, 0) is 4.74 Å². The van der Waals surface area contributed by atoms with E-state index < -0.39 is 0 Å². The molecule has 0 rings (SSSR count). The maximum atomic E-state index is 5.16. The summed E-state index contributed by atoms with van der Waals surface area (Å²) in [6.07, 6.45) is 1.20. The molecule has 17 heavy (non-hydrogen) atoms. The molecule has 0 aliphatic carbocycles. The second-order valence-corrected chi connectivity index (χ2v) is 5.56. The predicted molar refractivity (Wildman–Crippen MR) is 75.5 cm³/mol. The number of likely N-dealkylation sites (N-methyl/N-ethyl adjacent to an activating group) is 1. The molecule has 0 saturated carbocycles. The first-order valence-corrected chi connectivity index (χ1v) is 6.92. The molecule has 3 nitrogen and oxygen atoms in total. The lowest BCUT2D eigenvalue weighted by atomic mass is 9.86. The van der Waals surface area contributed by atoms with E-state index in [4.69, 9.17) is 4.74 Å². The van der Waals surface area contributed by atoms with Crippen molar-refractivity contribution in [3.63, 3.8) is 0 Å². The Hall–Kier alpha value is -0.120. The van der Waals surface area contributed by atoms with Crippen LogP contribution in [0.2, 0.25) is 0 Å². The summed E-state index contributed by atoms with van der Waals surface area (Å²) in [5, 5.41) is 3.56. The molecule has 0 fully saturated rings. The molecule has 1 atom stereocenters. The van der Waals surface area contributed by atoms with E-state index in [2.05, 4.69) is 44.8 Å². The van der Waals surface area contributed by atoms with E-state index in [1.54, 1.807) is 7.11 Å². The minimum Gasteiger partial charge on any atom is -0.383 e. The highest BCUT2D eigenvalue weighted by Gasteiger charge is 2.24. The Labute approximate surface area is 108 Å². The quantitative estimate of drug-likeness (QED) is 0.638. The smallest absolute Gasteiger partial charge is 0.0589 e. The molecule has 0 bridgehead atoms. The first-order chi connectivity index (χ1) is 7.97. The van der Waals surface area contributed by atoms with Crippen LogP contribution in [0, 0.1) is 5.41 Å². The summed E-state index contributed by atoms with van der Waals surface area (Å²) in [6.45, 7) is 16.5. The summed E-state index contributed by atoms with van der Waals surface area (Å²) in [6, 6.07) is 0.565. The highest BCUT2D eigenvalue weighted by atomic mass is 16.5. The summed E-state index contributed by atoms with van der Waals surface area (Å²) in [7, 11) is 1.77. The Morgan fingerprint density at radius 3 is 2.35 bits per heavy atom. The van der Waals surface area contributed by atoms with Gasteiger partial charge in [0.25, 0.3) is 0 Å². The van der Waals surface area contributed by atoms with Gasteiger partial charge in [-0.25, -0.2) is 0 Å². The molecule has 1 unspecified atom stereocenters. The van der Waals surface area contributed by atoms with Gasteiger partial charge in [-0.1, -0.05) is 34.6 Å². The topological polar surface area (TPSA) is 24.5 Å². The molecule has 104 valence electrons. The average molecular weight is 244 g/mol. The highest BCUT2D eigenvalue weighted by Crippen LogP contribution is 2.21. The van der Waals surface area contributed by atoms with Crippen molar-refractivity contribution >= 4 is 0 Å². The molecule has 0 aliphatic heterocycles. The standard InChI is InChI=1S/C14H32N2O/c1-7-14(5,11-15-13(3)4)12-16(8-2)9-10-17-6/h13,15H,7-12H2,1-6H3. The van der Waals surface area contributed by atoms with Gasteiger partial charge in [-0.05, 0) is 18.4 Å². The molecule has 0 saturated heterocycles. The number of nitrogens with zero attached hydrogens (tertiary/aromatic N) is 1. The molecule has 0 aliphatic rings. The number of methoxy groups -OCH3 is 1. The lowest BCUT2D eigenvalue weighted by molar-refractivity contribution is 0.111. The molecule has 0 amide bonds. The van der Waals surface area contributed by atoms with Gasteiger partial charge < -0.3 is 15.0 Å². The minimum atomic E-state index is 0.355. The van der Waals surface area contributed by atoms with Crippen molar-refractivity contribution < 1.29 is 4.74 Å². The van der Waals surface area contributed by atoms with E-state index in [9.17, 15) is 0 Å². The molecule has 0 aromatic rings. The predicted octanol–water partition coefficient (Wildman–Crippen LogP) is 2.37. The summed E-state index contributed by atoms with van der Waals surface area (Å²) >= 11 is 0. The number of nitrogens with one attached hydrogen (secondary N) is 1. The second kappa shape index (κ2) is 8.90. The van der Waals surface area contributed by atoms with Crippen LogP contribution in [0.3, 0.4) is 0 Å². The van der Waals surface area contributed by atoms with Gasteiger partial charge in [-0.2, -0.15) is 0 Å². The summed E-state index contributed by atoms with van der Waals surface area (Å²) < 4.78 is 5.16. The first kappa shape index (κ1) is 16.9. The Balaban J connectivity index is 4.21. The Morgan fingerprint density at radius 1 is 1.29 bits per heavy atom. The molecular formula is C14H32N2O. The largest absolute Gasteiger partial charge is 0.383 e. The zero-order valence-corrected chi connectivity index (χ0v) is 12.7. The van der Waals surface area contributed by atoms with Crippen LogP contribution in [0.1, 0.15) is 41.0 Å². The fourth-order valence-corrected chi connectivity index (χ4v) is 1.85. The lowest BCUT2D eigenvalue weighted by Gasteiger charge is -2.35. The van der Waals surface area contributed by atoms with E-state index in [1.165, 1.54) is 6.42 Å². The second-order valence-electron chi connectivity index (χ2n) is 5.56. The Morgan fingerprint density at radius 2 is 1.94 bits per heavy atom. The minimum absolute atomic E-state index is 0.355. The van der Waals surface area contributed by atoms with Crippen LogP contribution >= 0.6 is 0 Å². The molecular weight excluding hydrogens is 212 g/mol. The third-order valence-electron chi connectivity index (χ3n) is 3.45. The summed E-state index contributed by atoms with van der Waals surface area (Å²) in [5.41, 5.74) is 0.355. The van der Waals surface area contributed by atoms with Crippen molar-refractivity contribution in [1.82, 2.24) is 10.2 Å². The maximum absolute atomic E-state index is 5.16. The van der Waals surface area contributed by atoms with Crippen molar-refractivity contribution in [2.24, 2.45) is 5.41 Å². The van der Waals surface area contributed by atoms with E-state index >= 15 is 0 Å². The number of ether oxygens (including phenoxy) is 1.